The van der Waals surface area contributed by atoms with Crippen molar-refractivity contribution in [1.29, 1.82) is 0 Å². The van der Waals surface area contributed by atoms with Gasteiger partial charge < -0.3 is 19.9 Å². The van der Waals surface area contributed by atoms with Crippen LogP contribution in [-0.2, 0) is 11.3 Å². The maximum Gasteiger partial charge on any atom is 0.221 e. The number of amides is 1. The fourth-order valence-corrected chi connectivity index (χ4v) is 4.52. The van der Waals surface area contributed by atoms with Crippen LogP contribution >= 0.6 is 0 Å². The molecule has 0 bridgehead atoms. The second-order valence-corrected chi connectivity index (χ2v) is 8.25. The van der Waals surface area contributed by atoms with Gasteiger partial charge in [0, 0.05) is 63.8 Å². The highest BCUT2D eigenvalue weighted by Gasteiger charge is 2.34. The van der Waals surface area contributed by atoms with Gasteiger partial charge in [-0.3, -0.25) is 9.69 Å². The fourth-order valence-electron chi connectivity index (χ4n) is 4.52. The van der Waals surface area contributed by atoms with Crippen LogP contribution in [-0.4, -0.2) is 70.3 Å². The van der Waals surface area contributed by atoms with Crippen LogP contribution in [0.15, 0.2) is 49.1 Å². The molecular formula is C22H31N5O2. The number of carbonyl (C=O) groups is 1. The Morgan fingerprint density at radius 2 is 1.93 bits per heavy atom. The number of benzene rings is 1. The van der Waals surface area contributed by atoms with Crippen molar-refractivity contribution in [1.82, 2.24) is 19.8 Å². The van der Waals surface area contributed by atoms with Crippen molar-refractivity contribution in [3.63, 3.8) is 0 Å². The molecule has 1 aliphatic carbocycles. The van der Waals surface area contributed by atoms with Crippen LogP contribution in [0.2, 0.25) is 0 Å². The summed E-state index contributed by atoms with van der Waals surface area (Å²) < 4.78 is 2.04. The minimum atomic E-state index is -0.457. The van der Waals surface area contributed by atoms with Gasteiger partial charge in [0.15, 0.2) is 0 Å². The maximum atomic E-state index is 12.4. The maximum absolute atomic E-state index is 12.4. The molecule has 1 aromatic heterocycles. The average molecular weight is 398 g/mol. The van der Waals surface area contributed by atoms with Crippen molar-refractivity contribution >= 4 is 11.6 Å². The number of anilines is 1. The molecule has 2 aliphatic rings. The Bertz CT molecular complexity index is 759. The van der Waals surface area contributed by atoms with Gasteiger partial charge in [0.1, 0.15) is 0 Å². The van der Waals surface area contributed by atoms with E-state index in [1.54, 1.807) is 12.5 Å². The number of imidazole rings is 1. The topological polar surface area (TPSA) is 73.6 Å². The van der Waals surface area contributed by atoms with Crippen LogP contribution in [0.4, 0.5) is 5.69 Å². The van der Waals surface area contributed by atoms with Crippen molar-refractivity contribution in [2.24, 2.45) is 5.92 Å². The molecule has 1 amide bonds. The minimum Gasteiger partial charge on any atom is -0.391 e. The lowest BCUT2D eigenvalue weighted by Gasteiger charge is -2.36. The third-order valence-corrected chi connectivity index (χ3v) is 6.15. The number of para-hydroxylation sites is 1. The van der Waals surface area contributed by atoms with Crippen molar-refractivity contribution in [3.8, 4) is 0 Å². The zero-order chi connectivity index (χ0) is 20.1. The van der Waals surface area contributed by atoms with Crippen LogP contribution in [0.25, 0.3) is 0 Å². The molecule has 0 radical (unpaired) electrons. The summed E-state index contributed by atoms with van der Waals surface area (Å²) in [4.78, 5) is 21.2. The highest BCUT2D eigenvalue weighted by molar-refractivity contribution is 5.76. The summed E-state index contributed by atoms with van der Waals surface area (Å²) in [6.07, 6.45) is 7.09. The number of hydrogen-bond acceptors (Lipinski definition) is 5. The van der Waals surface area contributed by atoms with E-state index < -0.39 is 6.10 Å². The van der Waals surface area contributed by atoms with E-state index in [1.807, 2.05) is 16.8 Å². The van der Waals surface area contributed by atoms with E-state index >= 15 is 0 Å². The number of rotatable bonds is 7. The highest BCUT2D eigenvalue weighted by Crippen LogP contribution is 2.27. The van der Waals surface area contributed by atoms with Crippen LogP contribution in [0.5, 0.6) is 0 Å². The molecule has 29 heavy (non-hydrogen) atoms. The molecule has 2 aromatic rings. The van der Waals surface area contributed by atoms with Gasteiger partial charge in [0.2, 0.25) is 5.91 Å². The Balaban J connectivity index is 1.16. The Kier molecular flexibility index (Phi) is 6.46. The summed E-state index contributed by atoms with van der Waals surface area (Å²) in [6.45, 7) is 5.54. The molecule has 1 aliphatic heterocycles. The predicted octanol–water partition coefficient (Wildman–Crippen LogP) is 1.35. The first-order valence-corrected chi connectivity index (χ1v) is 10.6. The van der Waals surface area contributed by atoms with Gasteiger partial charge in [-0.15, -0.1) is 0 Å². The Morgan fingerprint density at radius 1 is 1.14 bits per heavy atom. The minimum absolute atomic E-state index is 0.0443. The van der Waals surface area contributed by atoms with Gasteiger partial charge in [0.05, 0.1) is 18.5 Å². The molecule has 1 unspecified atom stereocenters. The molecule has 2 heterocycles. The molecule has 1 saturated heterocycles. The molecule has 1 saturated carbocycles. The summed E-state index contributed by atoms with van der Waals surface area (Å²) in [7, 11) is 0. The zero-order valence-corrected chi connectivity index (χ0v) is 16.9. The Labute approximate surface area is 172 Å². The fraction of sp³-hybridized carbons (Fsp3) is 0.545. The van der Waals surface area contributed by atoms with Crippen molar-refractivity contribution in [2.75, 3.05) is 37.6 Å². The lowest BCUT2D eigenvalue weighted by Crippen LogP contribution is -2.48. The first kappa shape index (κ1) is 19.9. The Hall–Kier alpha value is -2.38. The van der Waals surface area contributed by atoms with Gasteiger partial charge in [-0.25, -0.2) is 4.98 Å². The first-order valence-electron chi connectivity index (χ1n) is 10.6. The number of piperazine rings is 1. The second kappa shape index (κ2) is 9.41. The highest BCUT2D eigenvalue weighted by atomic mass is 16.3. The molecule has 7 nitrogen and oxygen atoms in total. The number of aliphatic hydroxyl groups excluding tert-OH is 1. The van der Waals surface area contributed by atoms with Gasteiger partial charge in [-0.05, 0) is 30.9 Å². The van der Waals surface area contributed by atoms with E-state index in [0.29, 0.717) is 12.3 Å². The van der Waals surface area contributed by atoms with Gasteiger partial charge >= 0.3 is 0 Å². The molecule has 7 heteroatoms. The number of carbonyl (C=O) groups excluding carboxylic acids is 1. The molecule has 2 fully saturated rings. The standard InChI is InChI=1S/C22H31N5O2/c28-21-15-18(16-26-9-7-23-17-26)14-20(21)24-22(29)6-8-25-10-12-27(13-11-25)19-4-2-1-3-5-19/h1-5,7,9,17-18,20-21,28H,6,8,10-16H2,(H,24,29)/t18?,20-,21-/m1/s1. The normalized spacial score (nSPS) is 25.3. The third-order valence-electron chi connectivity index (χ3n) is 6.15. The Morgan fingerprint density at radius 3 is 2.66 bits per heavy atom. The molecule has 0 spiro atoms. The predicted molar refractivity (Wildman–Crippen MR) is 113 cm³/mol. The van der Waals surface area contributed by atoms with E-state index in [0.717, 1.165) is 52.1 Å². The largest absolute Gasteiger partial charge is 0.391 e. The lowest BCUT2D eigenvalue weighted by atomic mass is 10.1. The average Bonchev–Trinajstić information content (AvgIpc) is 3.37. The van der Waals surface area contributed by atoms with E-state index in [2.05, 4.69) is 44.4 Å². The quantitative estimate of drug-likeness (QED) is 0.738. The van der Waals surface area contributed by atoms with E-state index in [4.69, 9.17) is 0 Å². The van der Waals surface area contributed by atoms with Crippen LogP contribution in [0, 0.1) is 5.92 Å². The van der Waals surface area contributed by atoms with E-state index in [-0.39, 0.29) is 11.9 Å². The number of aliphatic hydroxyl groups is 1. The zero-order valence-electron chi connectivity index (χ0n) is 16.9. The number of nitrogens with one attached hydrogen (secondary N) is 1. The lowest BCUT2D eigenvalue weighted by molar-refractivity contribution is -0.122. The van der Waals surface area contributed by atoms with Crippen molar-refractivity contribution < 1.29 is 9.90 Å². The van der Waals surface area contributed by atoms with Crippen LogP contribution < -0.4 is 10.2 Å². The van der Waals surface area contributed by atoms with Crippen LogP contribution in [0.3, 0.4) is 0 Å². The molecule has 2 N–H and O–H groups in total. The smallest absolute Gasteiger partial charge is 0.221 e. The summed E-state index contributed by atoms with van der Waals surface area (Å²) in [5.41, 5.74) is 1.27. The summed E-state index contributed by atoms with van der Waals surface area (Å²) in [5.74, 6) is 0.415. The summed E-state index contributed by atoms with van der Waals surface area (Å²) in [5, 5.41) is 13.4. The van der Waals surface area contributed by atoms with E-state index in [1.165, 1.54) is 5.69 Å². The van der Waals surface area contributed by atoms with E-state index in [9.17, 15) is 9.90 Å². The monoisotopic (exact) mass is 397 g/mol. The molecule has 156 valence electrons. The summed E-state index contributed by atoms with van der Waals surface area (Å²) in [6, 6.07) is 10.4. The van der Waals surface area contributed by atoms with Crippen molar-refractivity contribution in [2.45, 2.75) is 38.0 Å². The SMILES string of the molecule is O=C(CCN1CCN(c2ccccc2)CC1)N[C@@H]1CC(Cn2ccnc2)C[C@H]1O. The molecular weight excluding hydrogens is 366 g/mol. The number of nitrogens with zero attached hydrogens (tertiary/aromatic N) is 4. The molecule has 3 atom stereocenters. The third kappa shape index (κ3) is 5.36. The number of aromatic nitrogens is 2. The second-order valence-electron chi connectivity index (χ2n) is 8.25. The summed E-state index contributed by atoms with van der Waals surface area (Å²) >= 11 is 0. The van der Waals surface area contributed by atoms with Gasteiger partial charge in [-0.1, -0.05) is 18.2 Å². The first-order chi connectivity index (χ1) is 14.2. The van der Waals surface area contributed by atoms with Gasteiger partial charge in [-0.2, -0.15) is 0 Å². The van der Waals surface area contributed by atoms with Crippen molar-refractivity contribution in [3.05, 3.63) is 49.1 Å². The molecule has 1 aromatic carbocycles. The number of hydrogen-bond donors (Lipinski definition) is 2. The van der Waals surface area contributed by atoms with Gasteiger partial charge in [0.25, 0.3) is 0 Å². The molecule has 4 rings (SSSR count). The van der Waals surface area contributed by atoms with Crippen LogP contribution in [0.1, 0.15) is 19.3 Å².